The van der Waals surface area contributed by atoms with E-state index in [1.54, 1.807) is 12.5 Å². The summed E-state index contributed by atoms with van der Waals surface area (Å²) in [5, 5.41) is 0.564. The van der Waals surface area contributed by atoms with E-state index in [1.165, 1.54) is 0 Å². The molecule has 1 amide bonds. The van der Waals surface area contributed by atoms with Crippen molar-refractivity contribution in [1.82, 2.24) is 14.5 Å². The van der Waals surface area contributed by atoms with Crippen LogP contribution in [0.3, 0.4) is 0 Å². The van der Waals surface area contributed by atoms with Gasteiger partial charge in [-0.25, -0.2) is 4.98 Å². The number of carbonyl (C=O) groups excluding carboxylic acids is 1. The molecule has 0 spiro atoms. The largest absolute Gasteiger partial charge is 0.335 e. The highest BCUT2D eigenvalue weighted by molar-refractivity contribution is 8.00. The van der Waals surface area contributed by atoms with Gasteiger partial charge in [-0.2, -0.15) is 11.8 Å². The van der Waals surface area contributed by atoms with E-state index in [1.807, 2.05) is 21.2 Å². The zero-order chi connectivity index (χ0) is 13.0. The van der Waals surface area contributed by atoms with Gasteiger partial charge >= 0.3 is 0 Å². The lowest BCUT2D eigenvalue weighted by Gasteiger charge is -2.31. The first kappa shape index (κ1) is 13.4. The Morgan fingerprint density at radius 1 is 1.67 bits per heavy atom. The van der Waals surface area contributed by atoms with Gasteiger partial charge in [0.1, 0.15) is 5.69 Å². The van der Waals surface area contributed by atoms with Crippen molar-refractivity contribution in [3.05, 3.63) is 18.2 Å². The lowest BCUT2D eigenvalue weighted by atomic mass is 10.2. The SMILES string of the molecule is CCC1CN(C(=O)c2cn(CCN)cn2)CCS1. The summed E-state index contributed by atoms with van der Waals surface area (Å²) in [6.07, 6.45) is 4.57. The summed E-state index contributed by atoms with van der Waals surface area (Å²) >= 11 is 1.96. The molecule has 2 heterocycles. The Morgan fingerprint density at radius 3 is 3.22 bits per heavy atom. The van der Waals surface area contributed by atoms with Crippen LogP contribution in [0.15, 0.2) is 12.5 Å². The molecule has 2 rings (SSSR count). The molecule has 1 aromatic heterocycles. The second-order valence-electron chi connectivity index (χ2n) is 4.44. The molecular formula is C12H20N4OS. The van der Waals surface area contributed by atoms with E-state index in [-0.39, 0.29) is 5.91 Å². The molecule has 1 saturated heterocycles. The molecule has 0 bridgehead atoms. The molecule has 1 aliphatic rings. The number of hydrogen-bond acceptors (Lipinski definition) is 4. The fourth-order valence-corrected chi connectivity index (χ4v) is 3.23. The van der Waals surface area contributed by atoms with Gasteiger partial charge in [-0.15, -0.1) is 0 Å². The first-order valence-electron chi connectivity index (χ1n) is 6.37. The Hall–Kier alpha value is -1.01. The number of nitrogens with two attached hydrogens (primary N) is 1. The smallest absolute Gasteiger partial charge is 0.274 e. The molecule has 100 valence electrons. The minimum Gasteiger partial charge on any atom is -0.335 e. The van der Waals surface area contributed by atoms with Crippen LogP contribution in [0.5, 0.6) is 0 Å². The van der Waals surface area contributed by atoms with E-state index in [2.05, 4.69) is 11.9 Å². The Kier molecular flexibility index (Phi) is 4.66. The highest BCUT2D eigenvalue weighted by Crippen LogP contribution is 2.22. The van der Waals surface area contributed by atoms with Crippen LogP contribution in [-0.4, -0.2) is 51.0 Å². The van der Waals surface area contributed by atoms with Crippen molar-refractivity contribution in [2.24, 2.45) is 5.73 Å². The van der Waals surface area contributed by atoms with E-state index < -0.39 is 0 Å². The number of amides is 1. The topological polar surface area (TPSA) is 64.2 Å². The molecule has 1 fully saturated rings. The molecule has 1 unspecified atom stereocenters. The summed E-state index contributed by atoms with van der Waals surface area (Å²) in [6.45, 7) is 5.09. The standard InChI is InChI=1S/C12H20N4OS/c1-2-10-7-16(5-6-18-10)12(17)11-8-15(4-3-13)9-14-11/h8-10H,2-7,13H2,1H3. The summed E-state index contributed by atoms with van der Waals surface area (Å²) in [5.74, 6) is 1.07. The van der Waals surface area contributed by atoms with Crippen LogP contribution in [0.1, 0.15) is 23.8 Å². The molecule has 0 aromatic carbocycles. The number of hydrogen-bond donors (Lipinski definition) is 1. The van der Waals surface area contributed by atoms with Crippen LogP contribution in [0.25, 0.3) is 0 Å². The van der Waals surface area contributed by atoms with Gasteiger partial charge in [-0.05, 0) is 6.42 Å². The number of thioether (sulfide) groups is 1. The quantitative estimate of drug-likeness (QED) is 0.877. The minimum atomic E-state index is 0.0459. The zero-order valence-electron chi connectivity index (χ0n) is 10.7. The summed E-state index contributed by atoms with van der Waals surface area (Å²) in [6, 6.07) is 0. The third-order valence-corrected chi connectivity index (χ3v) is 4.49. The van der Waals surface area contributed by atoms with Gasteiger partial charge in [0.2, 0.25) is 0 Å². The van der Waals surface area contributed by atoms with Gasteiger partial charge in [0.15, 0.2) is 0 Å². The van der Waals surface area contributed by atoms with Gasteiger partial charge < -0.3 is 15.2 Å². The summed E-state index contributed by atoms with van der Waals surface area (Å²) < 4.78 is 1.86. The predicted molar refractivity (Wildman–Crippen MR) is 73.7 cm³/mol. The molecule has 2 N–H and O–H groups in total. The van der Waals surface area contributed by atoms with Crippen molar-refractivity contribution in [3.8, 4) is 0 Å². The number of nitrogens with zero attached hydrogens (tertiary/aromatic N) is 3. The van der Waals surface area contributed by atoms with Crippen molar-refractivity contribution in [2.75, 3.05) is 25.4 Å². The van der Waals surface area contributed by atoms with E-state index >= 15 is 0 Å². The Labute approximate surface area is 112 Å². The number of imidazole rings is 1. The van der Waals surface area contributed by atoms with Gasteiger partial charge in [0.25, 0.3) is 5.91 Å². The summed E-state index contributed by atoms with van der Waals surface area (Å²) in [7, 11) is 0. The zero-order valence-corrected chi connectivity index (χ0v) is 11.5. The van der Waals surface area contributed by atoms with Crippen molar-refractivity contribution in [1.29, 1.82) is 0 Å². The number of rotatable bonds is 4. The second-order valence-corrected chi connectivity index (χ2v) is 5.85. The molecule has 6 heteroatoms. The maximum absolute atomic E-state index is 12.3. The average Bonchev–Trinajstić information content (AvgIpc) is 2.87. The number of carbonyl (C=O) groups is 1. The van der Waals surface area contributed by atoms with Crippen molar-refractivity contribution in [3.63, 3.8) is 0 Å². The van der Waals surface area contributed by atoms with Crippen LogP contribution >= 0.6 is 11.8 Å². The first-order valence-corrected chi connectivity index (χ1v) is 7.42. The van der Waals surface area contributed by atoms with E-state index in [9.17, 15) is 4.79 Å². The lowest BCUT2D eigenvalue weighted by molar-refractivity contribution is 0.0755. The van der Waals surface area contributed by atoms with Crippen molar-refractivity contribution >= 4 is 17.7 Å². The van der Waals surface area contributed by atoms with E-state index in [0.717, 1.165) is 25.3 Å². The molecule has 1 aromatic rings. The third kappa shape index (κ3) is 3.05. The van der Waals surface area contributed by atoms with Crippen LogP contribution in [0.4, 0.5) is 0 Å². The highest BCUT2D eigenvalue weighted by atomic mass is 32.2. The Balaban J connectivity index is 2.00. The molecule has 0 radical (unpaired) electrons. The van der Waals surface area contributed by atoms with Crippen molar-refractivity contribution < 1.29 is 4.79 Å². The maximum atomic E-state index is 12.3. The first-order chi connectivity index (χ1) is 8.74. The molecule has 18 heavy (non-hydrogen) atoms. The minimum absolute atomic E-state index is 0.0459. The monoisotopic (exact) mass is 268 g/mol. The summed E-state index contributed by atoms with van der Waals surface area (Å²) in [4.78, 5) is 18.4. The maximum Gasteiger partial charge on any atom is 0.274 e. The highest BCUT2D eigenvalue weighted by Gasteiger charge is 2.25. The van der Waals surface area contributed by atoms with Gasteiger partial charge in [-0.1, -0.05) is 6.92 Å². The van der Waals surface area contributed by atoms with E-state index in [4.69, 9.17) is 5.73 Å². The van der Waals surface area contributed by atoms with Gasteiger partial charge in [0, 0.05) is 43.4 Å². The summed E-state index contributed by atoms with van der Waals surface area (Å²) in [5.41, 5.74) is 6.01. The third-order valence-electron chi connectivity index (χ3n) is 3.12. The molecule has 0 saturated carbocycles. The normalized spacial score (nSPS) is 20.1. The van der Waals surface area contributed by atoms with Crippen LogP contribution < -0.4 is 5.73 Å². The molecular weight excluding hydrogens is 248 g/mol. The predicted octanol–water partition coefficient (Wildman–Crippen LogP) is 0.809. The van der Waals surface area contributed by atoms with Crippen molar-refractivity contribution in [2.45, 2.75) is 25.1 Å². The van der Waals surface area contributed by atoms with Crippen LogP contribution in [0.2, 0.25) is 0 Å². The Morgan fingerprint density at radius 2 is 2.50 bits per heavy atom. The fraction of sp³-hybridized carbons (Fsp3) is 0.667. The molecule has 1 aliphatic heterocycles. The van der Waals surface area contributed by atoms with E-state index in [0.29, 0.717) is 24.0 Å². The lowest BCUT2D eigenvalue weighted by Crippen LogP contribution is -2.41. The number of aromatic nitrogens is 2. The van der Waals surface area contributed by atoms with Crippen LogP contribution in [-0.2, 0) is 6.54 Å². The average molecular weight is 268 g/mol. The molecule has 5 nitrogen and oxygen atoms in total. The Bertz CT molecular complexity index is 407. The van der Waals surface area contributed by atoms with Crippen LogP contribution in [0, 0.1) is 0 Å². The molecule has 1 atom stereocenters. The van der Waals surface area contributed by atoms with Gasteiger partial charge in [0.05, 0.1) is 6.33 Å². The fourth-order valence-electron chi connectivity index (χ4n) is 2.05. The molecule has 0 aliphatic carbocycles. The van der Waals surface area contributed by atoms with Gasteiger partial charge in [-0.3, -0.25) is 4.79 Å². The second kappa shape index (κ2) is 6.24.